The molecule has 0 spiro atoms. The largest absolute Gasteiger partial charge is 0.337 e. The molecule has 1 N–H and O–H groups in total. The Kier molecular flexibility index (Phi) is 4.57. The van der Waals surface area contributed by atoms with Crippen LogP contribution in [0.25, 0.3) is 10.8 Å². The van der Waals surface area contributed by atoms with Crippen molar-refractivity contribution in [2.45, 2.75) is 25.2 Å². The van der Waals surface area contributed by atoms with Crippen LogP contribution in [0.2, 0.25) is 0 Å². The number of carbonyl (C=O) groups is 1. The summed E-state index contributed by atoms with van der Waals surface area (Å²) in [5.41, 5.74) is 1.52. The molecule has 4 nitrogen and oxygen atoms in total. The van der Waals surface area contributed by atoms with Gasteiger partial charge < -0.3 is 9.88 Å². The van der Waals surface area contributed by atoms with Crippen LogP contribution in [-0.2, 0) is 0 Å². The van der Waals surface area contributed by atoms with E-state index in [4.69, 9.17) is 0 Å². The molecule has 2 aromatic carbocycles. The number of H-pyrrole nitrogens is 1. The maximum absolute atomic E-state index is 12.9. The standard InChI is InChI=1S/C22H22N2O2/c25-21-19-11-5-4-9-18(19)15-20(23-21)22(26)24-13-6-10-17(12-14-24)16-7-2-1-3-8-16/h1-5,7-9,11,15,17H,6,10,12-14H2,(H,23,25)/t17-/m1/s1. The Morgan fingerprint density at radius 3 is 2.58 bits per heavy atom. The molecule has 0 unspecified atom stereocenters. The second-order valence-corrected chi connectivity index (χ2v) is 6.93. The molecular formula is C22H22N2O2. The summed E-state index contributed by atoms with van der Waals surface area (Å²) in [6.07, 6.45) is 3.01. The van der Waals surface area contributed by atoms with Crippen LogP contribution >= 0.6 is 0 Å². The third-order valence-corrected chi connectivity index (χ3v) is 5.27. The first-order valence-electron chi connectivity index (χ1n) is 9.18. The minimum Gasteiger partial charge on any atom is -0.337 e. The number of nitrogens with one attached hydrogen (secondary N) is 1. The summed E-state index contributed by atoms with van der Waals surface area (Å²) < 4.78 is 0. The Labute approximate surface area is 152 Å². The number of aromatic nitrogens is 1. The third kappa shape index (κ3) is 3.27. The Bertz CT molecular complexity index is 978. The number of hydrogen-bond donors (Lipinski definition) is 1. The zero-order valence-corrected chi connectivity index (χ0v) is 14.7. The minimum atomic E-state index is -0.205. The van der Waals surface area contributed by atoms with Crippen molar-refractivity contribution in [2.75, 3.05) is 13.1 Å². The van der Waals surface area contributed by atoms with Gasteiger partial charge >= 0.3 is 0 Å². The lowest BCUT2D eigenvalue weighted by Crippen LogP contribution is -2.33. The molecule has 2 heterocycles. The predicted molar refractivity (Wildman–Crippen MR) is 104 cm³/mol. The summed E-state index contributed by atoms with van der Waals surface area (Å²) in [6, 6.07) is 19.7. The van der Waals surface area contributed by atoms with Crippen LogP contribution in [0.1, 0.15) is 41.2 Å². The van der Waals surface area contributed by atoms with E-state index in [1.54, 1.807) is 12.1 Å². The number of pyridine rings is 1. The molecule has 1 aromatic heterocycles. The minimum absolute atomic E-state index is 0.0819. The lowest BCUT2D eigenvalue weighted by atomic mass is 9.92. The third-order valence-electron chi connectivity index (χ3n) is 5.27. The first-order valence-corrected chi connectivity index (χ1v) is 9.18. The summed E-state index contributed by atoms with van der Waals surface area (Å²) in [5, 5.41) is 1.42. The van der Waals surface area contributed by atoms with Gasteiger partial charge in [-0.25, -0.2) is 0 Å². The molecule has 0 aliphatic carbocycles. The molecule has 132 valence electrons. The van der Waals surface area contributed by atoms with Gasteiger partial charge in [0.1, 0.15) is 5.69 Å². The number of amides is 1. The molecule has 1 fully saturated rings. The van der Waals surface area contributed by atoms with Crippen LogP contribution in [0, 0.1) is 0 Å². The topological polar surface area (TPSA) is 53.2 Å². The molecule has 1 saturated heterocycles. The van der Waals surface area contributed by atoms with Gasteiger partial charge in [0.05, 0.1) is 0 Å². The van der Waals surface area contributed by atoms with Crippen molar-refractivity contribution < 1.29 is 4.79 Å². The number of aromatic amines is 1. The fourth-order valence-corrected chi connectivity index (χ4v) is 3.85. The van der Waals surface area contributed by atoms with E-state index in [0.29, 0.717) is 23.5 Å². The number of likely N-dealkylation sites (tertiary alicyclic amines) is 1. The molecule has 0 bridgehead atoms. The highest BCUT2D eigenvalue weighted by Gasteiger charge is 2.23. The van der Waals surface area contributed by atoms with Crippen LogP contribution in [0.5, 0.6) is 0 Å². The van der Waals surface area contributed by atoms with Crippen LogP contribution in [0.15, 0.2) is 65.5 Å². The molecule has 4 heteroatoms. The van der Waals surface area contributed by atoms with E-state index in [2.05, 4.69) is 29.2 Å². The van der Waals surface area contributed by atoms with Crippen LogP contribution < -0.4 is 5.56 Å². The number of nitrogens with zero attached hydrogens (tertiary/aromatic N) is 1. The van der Waals surface area contributed by atoms with Crippen LogP contribution in [-0.4, -0.2) is 28.9 Å². The number of benzene rings is 2. The second kappa shape index (κ2) is 7.16. The average Bonchev–Trinajstić information content (AvgIpc) is 2.94. The Balaban J connectivity index is 1.54. The van der Waals surface area contributed by atoms with E-state index in [-0.39, 0.29) is 11.5 Å². The van der Waals surface area contributed by atoms with Crippen molar-refractivity contribution >= 4 is 16.7 Å². The number of hydrogen-bond acceptors (Lipinski definition) is 2. The van der Waals surface area contributed by atoms with Crippen LogP contribution in [0.3, 0.4) is 0 Å². The highest BCUT2D eigenvalue weighted by atomic mass is 16.2. The van der Waals surface area contributed by atoms with Crippen molar-refractivity contribution in [3.63, 3.8) is 0 Å². The highest BCUT2D eigenvalue weighted by Crippen LogP contribution is 2.28. The normalized spacial score (nSPS) is 17.8. The van der Waals surface area contributed by atoms with E-state index < -0.39 is 0 Å². The molecular weight excluding hydrogens is 324 g/mol. The van der Waals surface area contributed by atoms with E-state index in [0.717, 1.165) is 31.2 Å². The fraction of sp³-hybridized carbons (Fsp3) is 0.273. The number of fused-ring (bicyclic) bond motifs is 1. The van der Waals surface area contributed by atoms with E-state index in [1.165, 1.54) is 5.56 Å². The number of carbonyl (C=O) groups excluding carboxylic acids is 1. The molecule has 1 amide bonds. The molecule has 1 atom stereocenters. The lowest BCUT2D eigenvalue weighted by molar-refractivity contribution is 0.0755. The van der Waals surface area contributed by atoms with Gasteiger partial charge in [0, 0.05) is 18.5 Å². The van der Waals surface area contributed by atoms with E-state index in [9.17, 15) is 9.59 Å². The van der Waals surface area contributed by atoms with Crippen molar-refractivity contribution in [3.05, 3.63) is 82.3 Å². The first kappa shape index (κ1) is 16.6. The summed E-state index contributed by atoms with van der Waals surface area (Å²) in [5.74, 6) is 0.409. The quantitative estimate of drug-likeness (QED) is 0.764. The molecule has 4 rings (SSSR count). The van der Waals surface area contributed by atoms with Crippen molar-refractivity contribution in [1.29, 1.82) is 0 Å². The zero-order chi connectivity index (χ0) is 17.9. The monoisotopic (exact) mass is 346 g/mol. The van der Waals surface area contributed by atoms with Gasteiger partial charge in [-0.2, -0.15) is 0 Å². The van der Waals surface area contributed by atoms with Crippen LogP contribution in [0.4, 0.5) is 0 Å². The number of rotatable bonds is 2. The zero-order valence-electron chi connectivity index (χ0n) is 14.7. The van der Waals surface area contributed by atoms with E-state index in [1.807, 2.05) is 29.2 Å². The average molecular weight is 346 g/mol. The smallest absolute Gasteiger partial charge is 0.270 e. The maximum atomic E-state index is 12.9. The molecule has 0 saturated carbocycles. The van der Waals surface area contributed by atoms with Crippen molar-refractivity contribution in [2.24, 2.45) is 0 Å². The highest BCUT2D eigenvalue weighted by molar-refractivity contribution is 5.96. The Morgan fingerprint density at radius 2 is 1.73 bits per heavy atom. The molecule has 1 aliphatic heterocycles. The summed E-state index contributed by atoms with van der Waals surface area (Å²) >= 11 is 0. The van der Waals surface area contributed by atoms with Crippen molar-refractivity contribution in [1.82, 2.24) is 9.88 Å². The summed E-state index contributed by atoms with van der Waals surface area (Å²) in [6.45, 7) is 1.45. The summed E-state index contributed by atoms with van der Waals surface area (Å²) in [4.78, 5) is 29.9. The summed E-state index contributed by atoms with van der Waals surface area (Å²) in [7, 11) is 0. The fourth-order valence-electron chi connectivity index (χ4n) is 3.85. The van der Waals surface area contributed by atoms with Gasteiger partial charge in [-0.15, -0.1) is 0 Å². The van der Waals surface area contributed by atoms with Gasteiger partial charge in [-0.05, 0) is 48.3 Å². The first-order chi connectivity index (χ1) is 12.7. The molecule has 26 heavy (non-hydrogen) atoms. The Morgan fingerprint density at radius 1 is 0.962 bits per heavy atom. The van der Waals surface area contributed by atoms with E-state index >= 15 is 0 Å². The van der Waals surface area contributed by atoms with Gasteiger partial charge in [0.15, 0.2) is 0 Å². The van der Waals surface area contributed by atoms with Gasteiger partial charge in [0.2, 0.25) is 0 Å². The SMILES string of the molecule is O=C(c1cc2ccccc2c(=O)[nH]1)N1CCC[C@@H](c2ccccc2)CC1. The maximum Gasteiger partial charge on any atom is 0.270 e. The Hall–Kier alpha value is -2.88. The molecule has 3 aromatic rings. The lowest BCUT2D eigenvalue weighted by Gasteiger charge is -2.21. The second-order valence-electron chi connectivity index (χ2n) is 6.93. The van der Waals surface area contributed by atoms with Crippen molar-refractivity contribution in [3.8, 4) is 0 Å². The van der Waals surface area contributed by atoms with Gasteiger partial charge in [0.25, 0.3) is 11.5 Å². The molecule has 0 radical (unpaired) electrons. The van der Waals surface area contributed by atoms with Gasteiger partial charge in [-0.1, -0.05) is 48.5 Å². The molecule has 1 aliphatic rings. The predicted octanol–water partition coefficient (Wildman–Crippen LogP) is 3.94. The van der Waals surface area contributed by atoms with Gasteiger partial charge in [-0.3, -0.25) is 9.59 Å².